The van der Waals surface area contributed by atoms with Crippen molar-refractivity contribution in [3.63, 3.8) is 0 Å². The molecular formula is C19H26ClN3O. The molecule has 0 saturated carbocycles. The highest BCUT2D eigenvalue weighted by Gasteiger charge is 2.22. The third kappa shape index (κ3) is 4.60. The Morgan fingerprint density at radius 1 is 1.21 bits per heavy atom. The average molecular weight is 348 g/mol. The topological polar surface area (TPSA) is 46.9 Å². The van der Waals surface area contributed by atoms with E-state index in [0.29, 0.717) is 22.3 Å². The van der Waals surface area contributed by atoms with E-state index in [1.165, 1.54) is 6.42 Å². The van der Waals surface area contributed by atoms with Crippen molar-refractivity contribution < 1.29 is 4.79 Å². The van der Waals surface area contributed by atoms with Crippen LogP contribution in [-0.2, 0) is 0 Å². The molecule has 1 N–H and O–H groups in total. The van der Waals surface area contributed by atoms with Gasteiger partial charge < -0.3 is 5.32 Å². The Labute approximate surface area is 149 Å². The molecular weight excluding hydrogens is 322 g/mol. The molecule has 0 unspecified atom stereocenters. The third-order valence-electron chi connectivity index (χ3n) is 4.03. The molecule has 1 atom stereocenters. The number of nitrogens with zero attached hydrogens (tertiary/aromatic N) is 2. The number of benzene rings is 1. The highest BCUT2D eigenvalue weighted by Crippen LogP contribution is 2.23. The Hall–Kier alpha value is -1.81. The first-order valence-electron chi connectivity index (χ1n) is 8.51. The number of para-hydroxylation sites is 1. The van der Waals surface area contributed by atoms with Crippen molar-refractivity contribution in [2.75, 3.05) is 0 Å². The molecule has 0 saturated heterocycles. The van der Waals surface area contributed by atoms with E-state index in [1.54, 1.807) is 4.68 Å². The SMILES string of the molecule is Cc1nn(-c2ccccc2)c(Cl)c1C(=O)N[C@@H](C)CCCC(C)C. The number of carbonyl (C=O) groups excluding carboxylic acids is 1. The summed E-state index contributed by atoms with van der Waals surface area (Å²) in [6.07, 6.45) is 3.24. The molecule has 0 bridgehead atoms. The molecule has 0 spiro atoms. The standard InChI is InChI=1S/C19H26ClN3O/c1-13(2)9-8-10-14(3)21-19(24)17-15(4)22-23(18(17)20)16-11-6-5-7-12-16/h5-7,11-14H,8-10H2,1-4H3,(H,21,24)/t14-/m0/s1. The quantitative estimate of drug-likeness (QED) is 0.783. The van der Waals surface area contributed by atoms with Gasteiger partial charge in [0.15, 0.2) is 0 Å². The van der Waals surface area contributed by atoms with Gasteiger partial charge in [-0.1, -0.05) is 56.5 Å². The molecule has 1 aromatic carbocycles. The minimum atomic E-state index is -0.156. The van der Waals surface area contributed by atoms with E-state index in [1.807, 2.05) is 44.2 Å². The van der Waals surface area contributed by atoms with Crippen molar-refractivity contribution in [3.8, 4) is 5.69 Å². The first kappa shape index (κ1) is 18.5. The van der Waals surface area contributed by atoms with Crippen LogP contribution in [0.15, 0.2) is 30.3 Å². The van der Waals surface area contributed by atoms with Crippen molar-refractivity contribution in [1.29, 1.82) is 0 Å². The second-order valence-corrected chi connectivity index (χ2v) is 7.06. The number of rotatable bonds is 7. The summed E-state index contributed by atoms with van der Waals surface area (Å²) in [4.78, 5) is 12.6. The van der Waals surface area contributed by atoms with Crippen LogP contribution in [-0.4, -0.2) is 21.7 Å². The highest BCUT2D eigenvalue weighted by molar-refractivity contribution is 6.33. The average Bonchev–Trinajstić information content (AvgIpc) is 2.82. The second-order valence-electron chi connectivity index (χ2n) is 6.70. The number of hydrogen-bond acceptors (Lipinski definition) is 2. The molecule has 1 heterocycles. The van der Waals surface area contributed by atoms with Gasteiger partial charge in [-0.25, -0.2) is 4.68 Å². The zero-order valence-corrected chi connectivity index (χ0v) is 15.6. The van der Waals surface area contributed by atoms with E-state index in [0.717, 1.165) is 18.5 Å². The van der Waals surface area contributed by atoms with Gasteiger partial charge in [-0.2, -0.15) is 5.10 Å². The van der Waals surface area contributed by atoms with Gasteiger partial charge in [-0.05, 0) is 38.3 Å². The second kappa shape index (κ2) is 8.34. The fraction of sp³-hybridized carbons (Fsp3) is 0.474. The molecule has 2 rings (SSSR count). The van der Waals surface area contributed by atoms with Crippen LogP contribution in [0.5, 0.6) is 0 Å². The molecule has 0 aliphatic heterocycles. The lowest BCUT2D eigenvalue weighted by molar-refractivity contribution is 0.0937. The molecule has 0 aliphatic rings. The molecule has 0 radical (unpaired) electrons. The summed E-state index contributed by atoms with van der Waals surface area (Å²) in [7, 11) is 0. The summed E-state index contributed by atoms with van der Waals surface area (Å²) in [6.45, 7) is 8.27. The van der Waals surface area contributed by atoms with Gasteiger partial charge in [0.2, 0.25) is 0 Å². The first-order valence-corrected chi connectivity index (χ1v) is 8.89. The Morgan fingerprint density at radius 2 is 1.88 bits per heavy atom. The third-order valence-corrected chi connectivity index (χ3v) is 4.38. The van der Waals surface area contributed by atoms with Crippen molar-refractivity contribution in [3.05, 3.63) is 46.7 Å². The van der Waals surface area contributed by atoms with E-state index in [4.69, 9.17) is 11.6 Å². The van der Waals surface area contributed by atoms with E-state index in [-0.39, 0.29) is 11.9 Å². The zero-order chi connectivity index (χ0) is 17.7. The normalized spacial score (nSPS) is 12.4. The first-order chi connectivity index (χ1) is 11.4. The van der Waals surface area contributed by atoms with E-state index in [9.17, 15) is 4.79 Å². The summed E-state index contributed by atoms with van der Waals surface area (Å²) >= 11 is 6.43. The number of nitrogens with one attached hydrogen (secondary N) is 1. The maximum absolute atomic E-state index is 12.6. The fourth-order valence-electron chi connectivity index (χ4n) is 2.70. The van der Waals surface area contributed by atoms with Crippen molar-refractivity contribution >= 4 is 17.5 Å². The number of hydrogen-bond donors (Lipinski definition) is 1. The number of halogens is 1. The predicted octanol–water partition coefficient (Wildman–Crippen LogP) is 4.78. The van der Waals surface area contributed by atoms with Crippen LogP contribution in [0.25, 0.3) is 5.69 Å². The summed E-state index contributed by atoms with van der Waals surface area (Å²) in [5.41, 5.74) is 1.93. The summed E-state index contributed by atoms with van der Waals surface area (Å²) in [5, 5.41) is 7.81. The van der Waals surface area contributed by atoms with Crippen molar-refractivity contribution in [1.82, 2.24) is 15.1 Å². The minimum absolute atomic E-state index is 0.117. The minimum Gasteiger partial charge on any atom is -0.349 e. The Bertz CT molecular complexity index is 679. The van der Waals surface area contributed by atoms with Crippen LogP contribution in [0.2, 0.25) is 5.15 Å². The number of aryl methyl sites for hydroxylation is 1. The fourth-order valence-corrected chi connectivity index (χ4v) is 3.06. The number of carbonyl (C=O) groups is 1. The molecule has 130 valence electrons. The summed E-state index contributed by atoms with van der Waals surface area (Å²) in [5.74, 6) is 0.533. The Morgan fingerprint density at radius 3 is 2.50 bits per heavy atom. The summed E-state index contributed by atoms with van der Waals surface area (Å²) < 4.78 is 1.61. The maximum Gasteiger partial charge on any atom is 0.256 e. The van der Waals surface area contributed by atoms with Crippen LogP contribution in [0.4, 0.5) is 0 Å². The lowest BCUT2D eigenvalue weighted by Crippen LogP contribution is -2.33. The van der Waals surface area contributed by atoms with Crippen molar-refractivity contribution in [2.24, 2.45) is 5.92 Å². The van der Waals surface area contributed by atoms with E-state index >= 15 is 0 Å². The largest absolute Gasteiger partial charge is 0.349 e. The molecule has 1 amide bonds. The number of amides is 1. The van der Waals surface area contributed by atoms with Crippen LogP contribution >= 0.6 is 11.6 Å². The van der Waals surface area contributed by atoms with Gasteiger partial charge in [0.1, 0.15) is 5.15 Å². The highest BCUT2D eigenvalue weighted by atomic mass is 35.5. The molecule has 1 aromatic heterocycles. The van der Waals surface area contributed by atoms with Gasteiger partial charge in [-0.3, -0.25) is 4.79 Å². The molecule has 24 heavy (non-hydrogen) atoms. The Kier molecular flexibility index (Phi) is 6.44. The molecule has 0 fully saturated rings. The monoisotopic (exact) mass is 347 g/mol. The zero-order valence-electron chi connectivity index (χ0n) is 14.8. The van der Waals surface area contributed by atoms with Crippen LogP contribution in [0, 0.1) is 12.8 Å². The summed E-state index contributed by atoms with van der Waals surface area (Å²) in [6, 6.07) is 9.70. The van der Waals surface area contributed by atoms with Gasteiger partial charge in [0.05, 0.1) is 16.9 Å². The lowest BCUT2D eigenvalue weighted by Gasteiger charge is -2.14. The molecule has 0 aliphatic carbocycles. The van der Waals surface area contributed by atoms with Crippen molar-refractivity contribution in [2.45, 2.75) is 53.0 Å². The smallest absolute Gasteiger partial charge is 0.256 e. The number of aromatic nitrogens is 2. The van der Waals surface area contributed by atoms with Gasteiger partial charge >= 0.3 is 0 Å². The van der Waals surface area contributed by atoms with Gasteiger partial charge in [0.25, 0.3) is 5.91 Å². The van der Waals surface area contributed by atoms with E-state index in [2.05, 4.69) is 24.3 Å². The van der Waals surface area contributed by atoms with Crippen LogP contribution in [0.3, 0.4) is 0 Å². The predicted molar refractivity (Wildman–Crippen MR) is 98.9 cm³/mol. The van der Waals surface area contributed by atoms with Crippen LogP contribution in [0.1, 0.15) is 56.1 Å². The van der Waals surface area contributed by atoms with Gasteiger partial charge in [-0.15, -0.1) is 0 Å². The molecule has 5 heteroatoms. The van der Waals surface area contributed by atoms with E-state index < -0.39 is 0 Å². The Balaban J connectivity index is 2.09. The van der Waals surface area contributed by atoms with Gasteiger partial charge in [0, 0.05) is 6.04 Å². The molecule has 4 nitrogen and oxygen atoms in total. The molecule has 2 aromatic rings. The lowest BCUT2D eigenvalue weighted by atomic mass is 10.0. The van der Waals surface area contributed by atoms with Crippen LogP contribution < -0.4 is 5.32 Å². The maximum atomic E-state index is 12.6.